The summed E-state index contributed by atoms with van der Waals surface area (Å²) in [5, 5.41) is 0. The Morgan fingerprint density at radius 2 is 1.78 bits per heavy atom. The number of hydrogen-bond donors (Lipinski definition) is 0. The molecule has 0 bridgehead atoms. The molecule has 2 saturated heterocycles. The van der Waals surface area contributed by atoms with Crippen LogP contribution in [0.1, 0.15) is 24.8 Å². The molecule has 0 aromatic heterocycles. The molecule has 0 radical (unpaired) electrons. The SMILES string of the molecule is ClCc1ccc(N2CCC(N3CCCC3)C2)cc1. The van der Waals surface area contributed by atoms with Crippen molar-refractivity contribution in [2.75, 3.05) is 31.1 Å². The van der Waals surface area contributed by atoms with Gasteiger partial charge in [-0.1, -0.05) is 12.1 Å². The molecule has 1 aromatic rings. The number of halogens is 1. The largest absolute Gasteiger partial charge is 0.370 e. The molecule has 2 heterocycles. The molecule has 2 fully saturated rings. The molecule has 0 saturated carbocycles. The van der Waals surface area contributed by atoms with Crippen LogP contribution in [0.4, 0.5) is 5.69 Å². The van der Waals surface area contributed by atoms with Crippen molar-refractivity contribution in [2.24, 2.45) is 0 Å². The Hall–Kier alpha value is -0.730. The third-order valence-electron chi connectivity index (χ3n) is 4.28. The first-order chi connectivity index (χ1) is 8.86. The molecule has 98 valence electrons. The maximum atomic E-state index is 5.83. The van der Waals surface area contributed by atoms with E-state index in [4.69, 9.17) is 11.6 Å². The monoisotopic (exact) mass is 264 g/mol. The minimum Gasteiger partial charge on any atom is -0.370 e. The number of likely N-dealkylation sites (tertiary alicyclic amines) is 1. The van der Waals surface area contributed by atoms with Crippen molar-refractivity contribution in [3.63, 3.8) is 0 Å². The Balaban J connectivity index is 1.63. The fraction of sp³-hybridized carbons (Fsp3) is 0.600. The number of hydrogen-bond acceptors (Lipinski definition) is 2. The van der Waals surface area contributed by atoms with Gasteiger partial charge in [-0.25, -0.2) is 0 Å². The molecule has 2 nitrogen and oxygen atoms in total. The van der Waals surface area contributed by atoms with Crippen molar-refractivity contribution in [3.05, 3.63) is 29.8 Å². The second-order valence-corrected chi connectivity index (χ2v) is 5.70. The van der Waals surface area contributed by atoms with E-state index in [9.17, 15) is 0 Å². The van der Waals surface area contributed by atoms with Crippen molar-refractivity contribution < 1.29 is 0 Å². The van der Waals surface area contributed by atoms with Gasteiger partial charge in [-0.15, -0.1) is 11.6 Å². The number of rotatable bonds is 3. The zero-order chi connectivity index (χ0) is 12.4. The van der Waals surface area contributed by atoms with Gasteiger partial charge >= 0.3 is 0 Å². The van der Waals surface area contributed by atoms with Crippen LogP contribution >= 0.6 is 11.6 Å². The molecule has 1 atom stereocenters. The summed E-state index contributed by atoms with van der Waals surface area (Å²) >= 11 is 5.83. The van der Waals surface area contributed by atoms with E-state index in [1.165, 1.54) is 56.7 Å². The molecule has 2 aliphatic rings. The summed E-state index contributed by atoms with van der Waals surface area (Å²) in [6.07, 6.45) is 4.10. The molecule has 18 heavy (non-hydrogen) atoms. The van der Waals surface area contributed by atoms with Crippen LogP contribution < -0.4 is 4.90 Å². The quantitative estimate of drug-likeness (QED) is 0.774. The number of benzene rings is 1. The van der Waals surface area contributed by atoms with Crippen molar-refractivity contribution in [3.8, 4) is 0 Å². The molecule has 3 rings (SSSR count). The Morgan fingerprint density at radius 3 is 2.44 bits per heavy atom. The lowest BCUT2D eigenvalue weighted by atomic mass is 10.2. The molecule has 2 aliphatic heterocycles. The van der Waals surface area contributed by atoms with E-state index in [2.05, 4.69) is 34.1 Å². The van der Waals surface area contributed by atoms with Crippen molar-refractivity contribution in [2.45, 2.75) is 31.2 Å². The van der Waals surface area contributed by atoms with Crippen molar-refractivity contribution >= 4 is 17.3 Å². The lowest BCUT2D eigenvalue weighted by molar-refractivity contribution is 0.260. The minimum atomic E-state index is 0.608. The molecular formula is C15H21ClN2. The molecule has 0 spiro atoms. The second kappa shape index (κ2) is 5.50. The van der Waals surface area contributed by atoms with Gasteiger partial charge in [-0.3, -0.25) is 4.90 Å². The van der Waals surface area contributed by atoms with E-state index < -0.39 is 0 Å². The van der Waals surface area contributed by atoms with Gasteiger partial charge in [0.25, 0.3) is 0 Å². The fourth-order valence-electron chi connectivity index (χ4n) is 3.18. The highest BCUT2D eigenvalue weighted by Crippen LogP contribution is 2.25. The van der Waals surface area contributed by atoms with Gasteiger partial charge in [0, 0.05) is 30.7 Å². The average Bonchev–Trinajstić information content (AvgIpc) is 3.09. The zero-order valence-corrected chi connectivity index (χ0v) is 11.6. The highest BCUT2D eigenvalue weighted by atomic mass is 35.5. The topological polar surface area (TPSA) is 6.48 Å². The Labute approximate surface area is 115 Å². The van der Waals surface area contributed by atoms with E-state index in [-0.39, 0.29) is 0 Å². The molecule has 0 aliphatic carbocycles. The summed E-state index contributed by atoms with van der Waals surface area (Å²) in [4.78, 5) is 5.19. The molecule has 1 unspecified atom stereocenters. The van der Waals surface area contributed by atoms with Gasteiger partial charge < -0.3 is 4.90 Å². The van der Waals surface area contributed by atoms with E-state index in [0.717, 1.165) is 6.04 Å². The van der Waals surface area contributed by atoms with Crippen LogP contribution in [0.15, 0.2) is 24.3 Å². The third kappa shape index (κ3) is 2.50. The van der Waals surface area contributed by atoms with Crippen LogP contribution in [0, 0.1) is 0 Å². The van der Waals surface area contributed by atoms with E-state index in [1.54, 1.807) is 0 Å². The summed E-state index contributed by atoms with van der Waals surface area (Å²) < 4.78 is 0. The molecular weight excluding hydrogens is 244 g/mol. The van der Waals surface area contributed by atoms with Gasteiger partial charge in [0.2, 0.25) is 0 Å². The standard InChI is InChI=1S/C15H21ClN2/c16-11-13-3-5-14(6-4-13)18-10-7-15(12-18)17-8-1-2-9-17/h3-6,15H,1-2,7-12H2. The zero-order valence-electron chi connectivity index (χ0n) is 10.8. The molecule has 0 N–H and O–H groups in total. The van der Waals surface area contributed by atoms with Gasteiger partial charge in [-0.05, 0) is 50.0 Å². The van der Waals surface area contributed by atoms with Gasteiger partial charge in [-0.2, -0.15) is 0 Å². The van der Waals surface area contributed by atoms with Gasteiger partial charge in [0.1, 0.15) is 0 Å². The Bertz CT molecular complexity index is 384. The van der Waals surface area contributed by atoms with Crippen LogP contribution in [0.2, 0.25) is 0 Å². The fourth-order valence-corrected chi connectivity index (χ4v) is 3.36. The molecule has 1 aromatic carbocycles. The molecule has 0 amide bonds. The number of alkyl halides is 1. The van der Waals surface area contributed by atoms with E-state index in [0.29, 0.717) is 5.88 Å². The number of anilines is 1. The molecule has 3 heteroatoms. The number of nitrogens with zero attached hydrogens (tertiary/aromatic N) is 2. The normalized spacial score (nSPS) is 24.9. The van der Waals surface area contributed by atoms with Gasteiger partial charge in [0.05, 0.1) is 0 Å². The van der Waals surface area contributed by atoms with Gasteiger partial charge in [0.15, 0.2) is 0 Å². The first-order valence-corrected chi connectivity index (χ1v) is 7.54. The lowest BCUT2D eigenvalue weighted by Crippen LogP contribution is -2.35. The summed E-state index contributed by atoms with van der Waals surface area (Å²) in [6.45, 7) is 5.01. The van der Waals surface area contributed by atoms with Crippen molar-refractivity contribution in [1.82, 2.24) is 4.90 Å². The first kappa shape index (κ1) is 12.3. The van der Waals surface area contributed by atoms with E-state index in [1.807, 2.05) is 0 Å². The lowest BCUT2D eigenvalue weighted by Gasteiger charge is -2.24. The van der Waals surface area contributed by atoms with Crippen LogP contribution in [0.5, 0.6) is 0 Å². The summed E-state index contributed by atoms with van der Waals surface area (Å²) in [5.74, 6) is 0.608. The predicted molar refractivity (Wildman–Crippen MR) is 77.4 cm³/mol. The van der Waals surface area contributed by atoms with Crippen LogP contribution in [-0.4, -0.2) is 37.1 Å². The Morgan fingerprint density at radius 1 is 1.06 bits per heavy atom. The minimum absolute atomic E-state index is 0.608. The highest BCUT2D eigenvalue weighted by Gasteiger charge is 2.29. The Kier molecular flexibility index (Phi) is 3.76. The van der Waals surface area contributed by atoms with Crippen LogP contribution in [0.3, 0.4) is 0 Å². The summed E-state index contributed by atoms with van der Waals surface area (Å²) in [7, 11) is 0. The summed E-state index contributed by atoms with van der Waals surface area (Å²) in [6, 6.07) is 9.49. The highest BCUT2D eigenvalue weighted by molar-refractivity contribution is 6.17. The third-order valence-corrected chi connectivity index (χ3v) is 4.58. The second-order valence-electron chi connectivity index (χ2n) is 5.43. The average molecular weight is 265 g/mol. The maximum Gasteiger partial charge on any atom is 0.0474 e. The van der Waals surface area contributed by atoms with Crippen LogP contribution in [-0.2, 0) is 5.88 Å². The summed E-state index contributed by atoms with van der Waals surface area (Å²) in [5.41, 5.74) is 2.56. The van der Waals surface area contributed by atoms with Crippen LogP contribution in [0.25, 0.3) is 0 Å². The first-order valence-electron chi connectivity index (χ1n) is 7.01. The maximum absolute atomic E-state index is 5.83. The van der Waals surface area contributed by atoms with Crippen molar-refractivity contribution in [1.29, 1.82) is 0 Å². The van der Waals surface area contributed by atoms with E-state index >= 15 is 0 Å². The predicted octanol–water partition coefficient (Wildman–Crippen LogP) is 3.10. The smallest absolute Gasteiger partial charge is 0.0474 e.